The van der Waals surface area contributed by atoms with Gasteiger partial charge in [0.2, 0.25) is 10.0 Å². The molecule has 31 heavy (non-hydrogen) atoms. The minimum absolute atomic E-state index is 0.308. The van der Waals surface area contributed by atoms with Gasteiger partial charge in [0.1, 0.15) is 0 Å². The van der Waals surface area contributed by atoms with E-state index in [1.54, 1.807) is 16.4 Å². The fourth-order valence-corrected chi connectivity index (χ4v) is 6.56. The second kappa shape index (κ2) is 8.48. The minimum atomic E-state index is -3.55. The maximum atomic E-state index is 13.3. The van der Waals surface area contributed by atoms with E-state index in [4.69, 9.17) is 11.6 Å². The SMILES string of the molecule is O=S(=O)(c1cc(Br)c2c(c1)ncn2C1CC1)N1CCN(CCc2ccc(Cl)cc2)CC1. The first-order valence-electron chi connectivity index (χ1n) is 10.5. The fourth-order valence-electron chi connectivity index (χ4n) is 4.16. The van der Waals surface area contributed by atoms with Gasteiger partial charge in [-0.15, -0.1) is 0 Å². The van der Waals surface area contributed by atoms with Crippen molar-refractivity contribution in [3.05, 3.63) is 57.8 Å². The quantitative estimate of drug-likeness (QED) is 0.482. The van der Waals surface area contributed by atoms with Crippen LogP contribution in [0.15, 0.2) is 52.1 Å². The normalized spacial score (nSPS) is 18.6. The number of benzene rings is 2. The highest BCUT2D eigenvalue weighted by atomic mass is 79.9. The van der Waals surface area contributed by atoms with Crippen LogP contribution >= 0.6 is 27.5 Å². The average molecular weight is 524 g/mol. The number of sulfonamides is 1. The molecule has 0 bridgehead atoms. The largest absolute Gasteiger partial charge is 0.327 e. The van der Waals surface area contributed by atoms with Crippen LogP contribution in [0, 0.1) is 0 Å². The number of aromatic nitrogens is 2. The first-order chi connectivity index (χ1) is 14.9. The van der Waals surface area contributed by atoms with Gasteiger partial charge in [0, 0.05) is 48.3 Å². The molecule has 1 saturated heterocycles. The molecule has 2 aromatic carbocycles. The van der Waals surface area contributed by atoms with E-state index in [-0.39, 0.29) is 0 Å². The minimum Gasteiger partial charge on any atom is -0.327 e. The Hall–Kier alpha value is -1.45. The summed E-state index contributed by atoms with van der Waals surface area (Å²) < 4.78 is 31.1. The summed E-state index contributed by atoms with van der Waals surface area (Å²) >= 11 is 9.54. The molecule has 0 spiro atoms. The summed E-state index contributed by atoms with van der Waals surface area (Å²) in [6, 6.07) is 11.8. The number of fused-ring (bicyclic) bond motifs is 1. The zero-order chi connectivity index (χ0) is 21.6. The van der Waals surface area contributed by atoms with Gasteiger partial charge in [-0.1, -0.05) is 23.7 Å². The molecule has 5 rings (SSSR count). The van der Waals surface area contributed by atoms with E-state index in [1.165, 1.54) is 5.56 Å². The summed E-state index contributed by atoms with van der Waals surface area (Å²) in [5.41, 5.74) is 2.94. The maximum absolute atomic E-state index is 13.3. The summed E-state index contributed by atoms with van der Waals surface area (Å²) in [5, 5.41) is 0.742. The van der Waals surface area contributed by atoms with Crippen LogP contribution in [0.4, 0.5) is 0 Å². The van der Waals surface area contributed by atoms with E-state index in [0.29, 0.717) is 24.0 Å². The standard InChI is InChI=1S/C22H24BrClN4O2S/c23-20-13-19(14-21-22(20)28(15-25-21)18-5-6-18)31(29,30)27-11-9-26(10-12-27)8-7-16-1-3-17(24)4-2-16/h1-4,13-15,18H,5-12H2. The van der Waals surface area contributed by atoms with Gasteiger partial charge < -0.3 is 9.47 Å². The molecule has 0 amide bonds. The van der Waals surface area contributed by atoms with Crippen LogP contribution < -0.4 is 0 Å². The van der Waals surface area contributed by atoms with Crippen LogP contribution in [0.3, 0.4) is 0 Å². The van der Waals surface area contributed by atoms with E-state index in [1.807, 2.05) is 30.6 Å². The summed E-state index contributed by atoms with van der Waals surface area (Å²) in [4.78, 5) is 7.09. The topological polar surface area (TPSA) is 58.4 Å². The number of halogens is 2. The Morgan fingerprint density at radius 3 is 2.45 bits per heavy atom. The highest BCUT2D eigenvalue weighted by Crippen LogP contribution is 2.39. The predicted octanol–water partition coefficient (Wildman–Crippen LogP) is 4.34. The Balaban J connectivity index is 1.26. The number of nitrogens with zero attached hydrogens (tertiary/aromatic N) is 4. The van der Waals surface area contributed by atoms with Crippen molar-refractivity contribution < 1.29 is 8.42 Å². The molecule has 2 aliphatic rings. The molecule has 6 nitrogen and oxygen atoms in total. The lowest BCUT2D eigenvalue weighted by atomic mass is 10.1. The van der Waals surface area contributed by atoms with Crippen molar-refractivity contribution in [2.45, 2.75) is 30.2 Å². The fraction of sp³-hybridized carbons (Fsp3) is 0.409. The Kier molecular flexibility index (Phi) is 5.85. The van der Waals surface area contributed by atoms with Crippen molar-refractivity contribution in [3.63, 3.8) is 0 Å². The molecule has 9 heteroatoms. The molecule has 0 atom stereocenters. The molecule has 1 aliphatic carbocycles. The molecular formula is C22H24BrClN4O2S. The molecule has 164 valence electrons. The summed E-state index contributed by atoms with van der Waals surface area (Å²) in [7, 11) is -3.55. The van der Waals surface area contributed by atoms with Gasteiger partial charge >= 0.3 is 0 Å². The molecule has 0 N–H and O–H groups in total. The van der Waals surface area contributed by atoms with Gasteiger partial charge in [0.25, 0.3) is 0 Å². The molecule has 1 aliphatic heterocycles. The number of piperazine rings is 1. The number of rotatable bonds is 6. The lowest BCUT2D eigenvalue weighted by molar-refractivity contribution is 0.190. The zero-order valence-corrected chi connectivity index (χ0v) is 20.2. The Labute approximate surface area is 196 Å². The van der Waals surface area contributed by atoms with Gasteiger partial charge in [-0.2, -0.15) is 4.31 Å². The van der Waals surface area contributed by atoms with Crippen molar-refractivity contribution in [1.82, 2.24) is 18.8 Å². The summed E-state index contributed by atoms with van der Waals surface area (Å²) in [6.07, 6.45) is 5.06. The summed E-state index contributed by atoms with van der Waals surface area (Å²) in [5.74, 6) is 0. The van der Waals surface area contributed by atoms with Crippen LogP contribution in [0.1, 0.15) is 24.4 Å². The van der Waals surface area contributed by atoms with E-state index in [0.717, 1.165) is 59.4 Å². The van der Waals surface area contributed by atoms with Crippen molar-refractivity contribution in [1.29, 1.82) is 0 Å². The molecule has 1 aromatic heterocycles. The predicted molar refractivity (Wildman–Crippen MR) is 126 cm³/mol. The third-order valence-electron chi connectivity index (χ3n) is 6.14. The third-order valence-corrected chi connectivity index (χ3v) is 8.87. The smallest absolute Gasteiger partial charge is 0.243 e. The number of hydrogen-bond donors (Lipinski definition) is 0. The monoisotopic (exact) mass is 522 g/mol. The first kappa shape index (κ1) is 21.4. The molecule has 0 unspecified atom stereocenters. The van der Waals surface area contributed by atoms with E-state index < -0.39 is 10.0 Å². The second-order valence-electron chi connectivity index (χ2n) is 8.28. The molecule has 2 heterocycles. The average Bonchev–Trinajstić information content (AvgIpc) is 3.52. The maximum Gasteiger partial charge on any atom is 0.243 e. The highest BCUT2D eigenvalue weighted by molar-refractivity contribution is 9.10. The van der Waals surface area contributed by atoms with Crippen LogP contribution in [-0.4, -0.2) is 59.9 Å². The number of hydrogen-bond acceptors (Lipinski definition) is 4. The van der Waals surface area contributed by atoms with Crippen LogP contribution in [0.25, 0.3) is 11.0 Å². The Morgan fingerprint density at radius 2 is 1.77 bits per heavy atom. The molecule has 0 radical (unpaired) electrons. The lowest BCUT2D eigenvalue weighted by Crippen LogP contribution is -2.49. The van der Waals surface area contributed by atoms with Gasteiger partial charge in [0.05, 0.1) is 22.3 Å². The molecule has 2 fully saturated rings. The lowest BCUT2D eigenvalue weighted by Gasteiger charge is -2.34. The van der Waals surface area contributed by atoms with Gasteiger partial charge in [-0.25, -0.2) is 13.4 Å². The molecular weight excluding hydrogens is 500 g/mol. The molecule has 3 aromatic rings. The second-order valence-corrected chi connectivity index (χ2v) is 11.5. The number of imidazole rings is 1. The molecule has 1 saturated carbocycles. The van der Waals surface area contributed by atoms with Crippen LogP contribution in [-0.2, 0) is 16.4 Å². The van der Waals surface area contributed by atoms with Crippen LogP contribution in [0.2, 0.25) is 5.02 Å². The van der Waals surface area contributed by atoms with Crippen molar-refractivity contribution in [2.75, 3.05) is 32.7 Å². The van der Waals surface area contributed by atoms with Gasteiger partial charge in [-0.05, 0) is 65.0 Å². The van der Waals surface area contributed by atoms with Crippen molar-refractivity contribution in [3.8, 4) is 0 Å². The van der Waals surface area contributed by atoms with Gasteiger partial charge in [-0.3, -0.25) is 0 Å². The Morgan fingerprint density at radius 1 is 1.06 bits per heavy atom. The van der Waals surface area contributed by atoms with E-state index >= 15 is 0 Å². The highest BCUT2D eigenvalue weighted by Gasteiger charge is 2.31. The third kappa shape index (κ3) is 4.41. The van der Waals surface area contributed by atoms with Crippen molar-refractivity contribution in [2.24, 2.45) is 0 Å². The zero-order valence-electron chi connectivity index (χ0n) is 17.0. The van der Waals surface area contributed by atoms with Crippen LogP contribution in [0.5, 0.6) is 0 Å². The van der Waals surface area contributed by atoms with E-state index in [2.05, 4.69) is 30.4 Å². The Bertz CT molecular complexity index is 1200. The van der Waals surface area contributed by atoms with E-state index in [9.17, 15) is 8.42 Å². The summed E-state index contributed by atoms with van der Waals surface area (Å²) in [6.45, 7) is 3.36. The van der Waals surface area contributed by atoms with Crippen molar-refractivity contribution >= 4 is 48.6 Å². The van der Waals surface area contributed by atoms with Gasteiger partial charge in [0.15, 0.2) is 0 Å². The first-order valence-corrected chi connectivity index (χ1v) is 13.2.